The maximum atomic E-state index is 12.8. The van der Waals surface area contributed by atoms with E-state index in [1.54, 1.807) is 0 Å². The molecule has 3 amide bonds. The van der Waals surface area contributed by atoms with E-state index in [0.29, 0.717) is 25.8 Å². The summed E-state index contributed by atoms with van der Waals surface area (Å²) in [6, 6.07) is -4.56. The lowest BCUT2D eigenvalue weighted by atomic mass is 10.0. The summed E-state index contributed by atoms with van der Waals surface area (Å²) in [5, 5.41) is 26.3. The highest BCUT2D eigenvalue weighted by atomic mass is 16.4. The summed E-state index contributed by atoms with van der Waals surface area (Å²) in [5.41, 5.74) is 21.8. The number of amides is 3. The molecular formula is C21H42N8O6. The van der Waals surface area contributed by atoms with Gasteiger partial charge in [-0.3, -0.25) is 19.4 Å². The first-order valence-electron chi connectivity index (χ1n) is 11.7. The lowest BCUT2D eigenvalue weighted by Crippen LogP contribution is -2.58. The summed E-state index contributed by atoms with van der Waals surface area (Å²) in [5.74, 6) is -3.39. The van der Waals surface area contributed by atoms with E-state index in [9.17, 15) is 29.4 Å². The average molecular weight is 503 g/mol. The molecule has 0 fully saturated rings. The normalized spacial score (nSPS) is 14.3. The fraction of sp³-hybridized carbons (Fsp3) is 0.762. The summed E-state index contributed by atoms with van der Waals surface area (Å²) >= 11 is 0. The molecule has 0 bridgehead atoms. The fourth-order valence-electron chi connectivity index (χ4n) is 3.15. The van der Waals surface area contributed by atoms with Crippen LogP contribution in [0.15, 0.2) is 4.99 Å². The summed E-state index contributed by atoms with van der Waals surface area (Å²) in [4.78, 5) is 53.2. The average Bonchev–Trinajstić information content (AvgIpc) is 2.77. The van der Waals surface area contributed by atoms with Gasteiger partial charge in [-0.25, -0.2) is 4.79 Å². The van der Waals surface area contributed by atoms with Crippen LogP contribution in [0.2, 0.25) is 0 Å². The Bertz CT molecular complexity index is 714. The van der Waals surface area contributed by atoms with Gasteiger partial charge in [-0.15, -0.1) is 0 Å². The number of carboxylic acid groups (broad SMARTS) is 1. The molecule has 0 aliphatic rings. The highest BCUT2D eigenvalue weighted by Gasteiger charge is 2.30. The molecule has 4 atom stereocenters. The Balaban J connectivity index is 5.37. The van der Waals surface area contributed by atoms with Gasteiger partial charge in [0.05, 0.1) is 12.6 Å². The van der Waals surface area contributed by atoms with Crippen LogP contribution in [0.1, 0.15) is 52.4 Å². The predicted octanol–water partition coefficient (Wildman–Crippen LogP) is -2.93. The molecule has 0 heterocycles. The number of nitrogens with zero attached hydrogens (tertiary/aromatic N) is 1. The van der Waals surface area contributed by atoms with Crippen molar-refractivity contribution < 1.29 is 29.4 Å². The van der Waals surface area contributed by atoms with Crippen LogP contribution in [0.4, 0.5) is 0 Å². The molecule has 4 unspecified atom stereocenters. The minimum Gasteiger partial charge on any atom is -0.480 e. The van der Waals surface area contributed by atoms with Gasteiger partial charge in [0.2, 0.25) is 17.7 Å². The van der Waals surface area contributed by atoms with Gasteiger partial charge in [-0.1, -0.05) is 13.8 Å². The Morgan fingerprint density at radius 1 is 0.857 bits per heavy atom. The second kappa shape index (κ2) is 17.5. The molecule has 0 rings (SSSR count). The van der Waals surface area contributed by atoms with Crippen LogP contribution in [0.3, 0.4) is 0 Å². The smallest absolute Gasteiger partial charge is 0.326 e. The van der Waals surface area contributed by atoms with Crippen LogP contribution in [0.5, 0.6) is 0 Å². The zero-order valence-electron chi connectivity index (χ0n) is 20.5. The van der Waals surface area contributed by atoms with E-state index in [2.05, 4.69) is 20.9 Å². The van der Waals surface area contributed by atoms with E-state index in [1.807, 2.05) is 13.8 Å². The molecule has 0 aliphatic heterocycles. The van der Waals surface area contributed by atoms with Crippen molar-refractivity contribution in [3.63, 3.8) is 0 Å². The van der Waals surface area contributed by atoms with E-state index in [1.165, 1.54) is 0 Å². The maximum absolute atomic E-state index is 12.8. The molecule has 13 N–H and O–H groups in total. The number of hydrogen-bond donors (Lipinski definition) is 9. The van der Waals surface area contributed by atoms with Crippen molar-refractivity contribution in [2.75, 3.05) is 19.7 Å². The number of nitrogens with one attached hydrogen (secondary N) is 3. The molecule has 14 heteroatoms. The lowest BCUT2D eigenvalue weighted by Gasteiger charge is -2.24. The van der Waals surface area contributed by atoms with Crippen LogP contribution >= 0.6 is 0 Å². The zero-order chi connectivity index (χ0) is 27.0. The van der Waals surface area contributed by atoms with Crippen molar-refractivity contribution in [3.8, 4) is 0 Å². The molecule has 0 aromatic carbocycles. The largest absolute Gasteiger partial charge is 0.480 e. The molecule has 35 heavy (non-hydrogen) atoms. The Morgan fingerprint density at radius 3 is 1.91 bits per heavy atom. The van der Waals surface area contributed by atoms with E-state index in [4.69, 9.17) is 22.9 Å². The summed E-state index contributed by atoms with van der Waals surface area (Å²) in [6.45, 7) is 3.60. The molecule has 0 aromatic rings. The molecular weight excluding hydrogens is 460 g/mol. The van der Waals surface area contributed by atoms with Crippen LogP contribution in [0, 0.1) is 5.92 Å². The standard InChI is InChI=1S/C21H42N8O6/c1-12(2)10-13(23)17(31)29-16(11-30)19(33)27-14(7-5-9-26-21(24)25)18(32)28-15(20(34)35)6-3-4-8-22/h12-16,30H,3-11,22-23H2,1-2H3,(H,27,33)(H,28,32)(H,29,31)(H,34,35)(H4,24,25,26). The first-order chi connectivity index (χ1) is 16.4. The predicted molar refractivity (Wildman–Crippen MR) is 131 cm³/mol. The first kappa shape index (κ1) is 32.0. The quantitative estimate of drug-likeness (QED) is 0.0523. The number of guanidine groups is 1. The van der Waals surface area contributed by atoms with Crippen LogP contribution in [-0.2, 0) is 19.2 Å². The second-order valence-corrected chi connectivity index (χ2v) is 8.67. The van der Waals surface area contributed by atoms with Gasteiger partial charge >= 0.3 is 5.97 Å². The molecule has 0 aromatic heterocycles. The van der Waals surface area contributed by atoms with Gasteiger partial charge in [0.25, 0.3) is 0 Å². The van der Waals surface area contributed by atoms with Crippen molar-refractivity contribution in [3.05, 3.63) is 0 Å². The Morgan fingerprint density at radius 2 is 1.40 bits per heavy atom. The minimum atomic E-state index is -1.35. The Labute approximate surface area is 205 Å². The topological polar surface area (TPSA) is 261 Å². The number of aliphatic hydroxyl groups is 1. The number of unbranched alkanes of at least 4 members (excludes halogenated alkanes) is 1. The Kier molecular flexibility index (Phi) is 16.0. The number of nitrogens with two attached hydrogens (primary N) is 4. The second-order valence-electron chi connectivity index (χ2n) is 8.67. The third-order valence-electron chi connectivity index (χ3n) is 5.02. The monoisotopic (exact) mass is 502 g/mol. The Hall–Kier alpha value is -2.97. The fourth-order valence-corrected chi connectivity index (χ4v) is 3.15. The maximum Gasteiger partial charge on any atom is 0.326 e. The number of rotatable bonds is 18. The zero-order valence-corrected chi connectivity index (χ0v) is 20.5. The third-order valence-corrected chi connectivity index (χ3v) is 5.02. The molecule has 0 aliphatic carbocycles. The highest BCUT2D eigenvalue weighted by Crippen LogP contribution is 2.06. The number of carboxylic acids is 1. The van der Waals surface area contributed by atoms with E-state index in [-0.39, 0.29) is 37.7 Å². The number of aliphatic hydroxyl groups excluding tert-OH is 1. The summed E-state index contributed by atoms with van der Waals surface area (Å²) in [6.07, 6.45) is 1.98. The number of hydrogen-bond acceptors (Lipinski definition) is 8. The lowest BCUT2D eigenvalue weighted by molar-refractivity contribution is -0.142. The minimum absolute atomic E-state index is 0.0719. The van der Waals surface area contributed by atoms with Crippen molar-refractivity contribution in [2.24, 2.45) is 33.8 Å². The van der Waals surface area contributed by atoms with Gasteiger partial charge < -0.3 is 49.1 Å². The van der Waals surface area contributed by atoms with Gasteiger partial charge in [0.15, 0.2) is 5.96 Å². The number of aliphatic imine (C=N–C) groups is 1. The SMILES string of the molecule is CC(C)CC(N)C(=O)NC(CO)C(=O)NC(CCCN=C(N)N)C(=O)NC(CCCCN)C(=O)O. The van der Waals surface area contributed by atoms with Crippen LogP contribution in [-0.4, -0.2) is 83.7 Å². The molecule has 14 nitrogen and oxygen atoms in total. The molecule has 0 saturated carbocycles. The van der Waals surface area contributed by atoms with Crippen molar-refractivity contribution in [1.82, 2.24) is 16.0 Å². The summed E-state index contributed by atoms with van der Waals surface area (Å²) in [7, 11) is 0. The molecule has 0 saturated heterocycles. The van der Waals surface area contributed by atoms with Gasteiger partial charge in [-0.2, -0.15) is 0 Å². The third kappa shape index (κ3) is 14.1. The molecule has 0 spiro atoms. The first-order valence-corrected chi connectivity index (χ1v) is 11.7. The van der Waals surface area contributed by atoms with E-state index in [0.717, 1.165) is 0 Å². The molecule has 0 radical (unpaired) electrons. The van der Waals surface area contributed by atoms with Crippen molar-refractivity contribution >= 4 is 29.7 Å². The highest BCUT2D eigenvalue weighted by molar-refractivity contribution is 5.94. The van der Waals surface area contributed by atoms with Crippen molar-refractivity contribution in [1.29, 1.82) is 0 Å². The van der Waals surface area contributed by atoms with Crippen LogP contribution in [0.25, 0.3) is 0 Å². The van der Waals surface area contributed by atoms with Crippen LogP contribution < -0.4 is 38.9 Å². The number of carbonyl (C=O) groups excluding carboxylic acids is 3. The molecule has 202 valence electrons. The van der Waals surface area contributed by atoms with Gasteiger partial charge in [0.1, 0.15) is 18.1 Å². The number of aliphatic carboxylic acids is 1. The van der Waals surface area contributed by atoms with Gasteiger partial charge in [0, 0.05) is 6.54 Å². The van der Waals surface area contributed by atoms with Crippen molar-refractivity contribution in [2.45, 2.75) is 76.5 Å². The van der Waals surface area contributed by atoms with E-state index < -0.39 is 54.5 Å². The summed E-state index contributed by atoms with van der Waals surface area (Å²) < 4.78 is 0. The van der Waals surface area contributed by atoms with Gasteiger partial charge in [-0.05, 0) is 51.0 Å². The number of carbonyl (C=O) groups is 4. The van der Waals surface area contributed by atoms with E-state index >= 15 is 0 Å².